The van der Waals surface area contributed by atoms with E-state index in [1.165, 1.54) is 16.3 Å². The number of rotatable bonds is 13. The molecule has 4 nitrogen and oxygen atoms in total. The quantitative estimate of drug-likeness (QED) is 0.152. The highest BCUT2D eigenvalue weighted by atomic mass is 32.2. The molecule has 6 heteroatoms. The first-order valence-corrected chi connectivity index (χ1v) is 13.4. The lowest BCUT2D eigenvalue weighted by atomic mass is 9.85. The van der Waals surface area contributed by atoms with Crippen LogP contribution < -0.4 is 0 Å². The highest BCUT2D eigenvalue weighted by Gasteiger charge is 2.48. The van der Waals surface area contributed by atoms with Crippen LogP contribution in [0.25, 0.3) is 10.8 Å². The van der Waals surface area contributed by atoms with Crippen LogP contribution in [-0.4, -0.2) is 36.7 Å². The van der Waals surface area contributed by atoms with Crippen LogP contribution in [0.1, 0.15) is 25.8 Å². The standard InChI is InChI=1S/C27H31O4PS/c1-3-30-26(28)27(20-32-29,31-4-2)23(18-17-21-11-6-5-7-12-21)19-33-25-16-10-14-22-13-8-9-15-24(22)25/h5-16,23H,3-4,17-20H2,1-2H3. The third kappa shape index (κ3) is 6.44. The first-order chi connectivity index (χ1) is 16.1. The van der Waals surface area contributed by atoms with Gasteiger partial charge >= 0.3 is 5.97 Å². The third-order valence-electron chi connectivity index (χ3n) is 5.80. The predicted molar refractivity (Wildman–Crippen MR) is 136 cm³/mol. The summed E-state index contributed by atoms with van der Waals surface area (Å²) in [5.74, 6) is 0.0451. The van der Waals surface area contributed by atoms with Crippen LogP contribution in [0.3, 0.4) is 0 Å². The van der Waals surface area contributed by atoms with E-state index in [-0.39, 0.29) is 27.1 Å². The van der Waals surface area contributed by atoms with Crippen LogP contribution in [-0.2, 0) is 25.3 Å². The Hall–Kier alpha value is -2.20. The number of esters is 1. The highest BCUT2D eigenvalue weighted by molar-refractivity contribution is 7.99. The fraction of sp³-hybridized carbons (Fsp3) is 0.370. The highest BCUT2D eigenvalue weighted by Crippen LogP contribution is 2.37. The van der Waals surface area contributed by atoms with Crippen LogP contribution in [0.4, 0.5) is 0 Å². The largest absolute Gasteiger partial charge is 0.464 e. The van der Waals surface area contributed by atoms with E-state index >= 15 is 0 Å². The molecule has 33 heavy (non-hydrogen) atoms. The zero-order valence-electron chi connectivity index (χ0n) is 19.2. The van der Waals surface area contributed by atoms with Gasteiger partial charge in [0.2, 0.25) is 0 Å². The Bertz CT molecular complexity index is 1040. The number of hydrogen-bond acceptors (Lipinski definition) is 5. The van der Waals surface area contributed by atoms with Crippen LogP contribution in [0.15, 0.2) is 77.7 Å². The maximum absolute atomic E-state index is 13.2. The van der Waals surface area contributed by atoms with Gasteiger partial charge in [-0.05, 0) is 49.1 Å². The molecule has 0 bridgehead atoms. The van der Waals surface area contributed by atoms with E-state index in [9.17, 15) is 9.36 Å². The molecule has 3 rings (SSSR count). The second kappa shape index (κ2) is 12.9. The van der Waals surface area contributed by atoms with Crippen molar-refractivity contribution in [3.8, 4) is 0 Å². The smallest absolute Gasteiger partial charge is 0.339 e. The van der Waals surface area contributed by atoms with Gasteiger partial charge in [-0.2, -0.15) is 0 Å². The molecular weight excluding hydrogens is 451 g/mol. The molecule has 3 aromatic rings. The second-order valence-corrected chi connectivity index (χ2v) is 9.48. The number of ether oxygens (including phenoxy) is 2. The van der Waals surface area contributed by atoms with Gasteiger partial charge in [-0.3, -0.25) is 4.57 Å². The molecule has 0 aliphatic heterocycles. The molecule has 0 spiro atoms. The van der Waals surface area contributed by atoms with Gasteiger partial charge in [0.15, 0.2) is 14.1 Å². The molecule has 3 aromatic carbocycles. The lowest BCUT2D eigenvalue weighted by molar-refractivity contribution is -0.175. The van der Waals surface area contributed by atoms with E-state index in [1.54, 1.807) is 18.7 Å². The number of fused-ring (bicyclic) bond motifs is 1. The Labute approximate surface area is 202 Å². The second-order valence-electron chi connectivity index (χ2n) is 7.84. The van der Waals surface area contributed by atoms with Crippen molar-refractivity contribution in [2.24, 2.45) is 5.92 Å². The van der Waals surface area contributed by atoms with Gasteiger partial charge in [-0.25, -0.2) is 4.79 Å². The SMILES string of the molecule is CCOC(=O)C(CP=O)(OCC)C(CCc1ccccc1)CSc1cccc2ccccc12. The summed E-state index contributed by atoms with van der Waals surface area (Å²) in [5, 5.41) is 2.37. The number of benzene rings is 3. The zero-order chi connectivity index (χ0) is 23.5. The molecule has 0 amide bonds. The van der Waals surface area contributed by atoms with Crippen molar-refractivity contribution < 1.29 is 18.8 Å². The first kappa shape index (κ1) is 25.4. The van der Waals surface area contributed by atoms with E-state index < -0.39 is 11.6 Å². The molecule has 0 N–H and O–H groups in total. The monoisotopic (exact) mass is 482 g/mol. The summed E-state index contributed by atoms with van der Waals surface area (Å²) in [7, 11) is -0.129. The minimum atomic E-state index is -1.25. The van der Waals surface area contributed by atoms with Gasteiger partial charge in [0.05, 0.1) is 12.8 Å². The predicted octanol–water partition coefficient (Wildman–Crippen LogP) is 6.81. The molecule has 174 valence electrons. The number of hydrogen-bond donors (Lipinski definition) is 0. The van der Waals surface area contributed by atoms with Gasteiger partial charge in [0.25, 0.3) is 0 Å². The van der Waals surface area contributed by atoms with Gasteiger partial charge in [-0.15, -0.1) is 11.8 Å². The van der Waals surface area contributed by atoms with Crippen molar-refractivity contribution in [1.29, 1.82) is 0 Å². The average molecular weight is 483 g/mol. The van der Waals surface area contributed by atoms with Crippen LogP contribution in [0.5, 0.6) is 0 Å². The number of aryl methyl sites for hydroxylation is 1. The minimum absolute atomic E-state index is 0.0786. The molecule has 0 saturated carbocycles. The first-order valence-electron chi connectivity index (χ1n) is 11.4. The number of carbonyl (C=O) groups is 1. The Balaban J connectivity index is 1.93. The summed E-state index contributed by atoms with van der Waals surface area (Å²) < 4.78 is 23.4. The van der Waals surface area contributed by atoms with Gasteiger partial charge < -0.3 is 9.47 Å². The van der Waals surface area contributed by atoms with Crippen molar-refractivity contribution in [1.82, 2.24) is 0 Å². The molecule has 0 heterocycles. The van der Waals surface area contributed by atoms with E-state index in [0.29, 0.717) is 12.4 Å². The molecule has 0 saturated heterocycles. The maximum Gasteiger partial charge on any atom is 0.339 e. The maximum atomic E-state index is 13.2. The topological polar surface area (TPSA) is 52.6 Å². The number of thioether (sulfide) groups is 1. The molecule has 0 fully saturated rings. The normalized spacial score (nSPS) is 14.1. The molecule has 0 aliphatic rings. The Morgan fingerprint density at radius 3 is 2.42 bits per heavy atom. The summed E-state index contributed by atoms with van der Waals surface area (Å²) in [6.07, 6.45) is 1.59. The van der Waals surface area contributed by atoms with Crippen LogP contribution >= 0.6 is 20.2 Å². The molecule has 2 unspecified atom stereocenters. The van der Waals surface area contributed by atoms with Crippen LogP contribution in [0.2, 0.25) is 0 Å². The summed E-state index contributed by atoms with van der Waals surface area (Å²) in [6.45, 7) is 4.25. The molecule has 0 aromatic heterocycles. The van der Waals surface area contributed by atoms with E-state index in [4.69, 9.17) is 9.47 Å². The molecule has 2 atom stereocenters. The van der Waals surface area contributed by atoms with Crippen molar-refractivity contribution in [2.45, 2.75) is 37.2 Å². The van der Waals surface area contributed by atoms with E-state index in [1.807, 2.05) is 37.3 Å². The fourth-order valence-electron chi connectivity index (χ4n) is 4.14. The minimum Gasteiger partial charge on any atom is -0.464 e. The lowest BCUT2D eigenvalue weighted by Crippen LogP contribution is -2.52. The number of carbonyl (C=O) groups excluding carboxylic acids is 1. The van der Waals surface area contributed by atoms with Crippen molar-refractivity contribution in [3.63, 3.8) is 0 Å². The summed E-state index contributed by atoms with van der Waals surface area (Å²) >= 11 is 1.71. The lowest BCUT2D eigenvalue weighted by Gasteiger charge is -2.37. The summed E-state index contributed by atoms with van der Waals surface area (Å²) in [6, 6.07) is 24.8. The van der Waals surface area contributed by atoms with Gasteiger partial charge in [-0.1, -0.05) is 66.7 Å². The third-order valence-corrected chi connectivity index (χ3v) is 7.63. The van der Waals surface area contributed by atoms with Crippen molar-refractivity contribution in [2.75, 3.05) is 25.1 Å². The molecule has 0 radical (unpaired) electrons. The fourth-order valence-corrected chi connectivity index (χ4v) is 6.14. The van der Waals surface area contributed by atoms with Crippen LogP contribution in [0, 0.1) is 5.92 Å². The molecular formula is C27H31O4PS. The zero-order valence-corrected chi connectivity index (χ0v) is 20.9. The molecule has 0 aliphatic carbocycles. The average Bonchev–Trinajstić information content (AvgIpc) is 2.84. The Morgan fingerprint density at radius 2 is 1.70 bits per heavy atom. The summed E-state index contributed by atoms with van der Waals surface area (Å²) in [4.78, 5) is 14.4. The van der Waals surface area contributed by atoms with Crippen molar-refractivity contribution in [3.05, 3.63) is 78.4 Å². The Kier molecular flexibility index (Phi) is 9.93. The van der Waals surface area contributed by atoms with E-state index in [2.05, 4.69) is 42.5 Å². The van der Waals surface area contributed by atoms with Gasteiger partial charge in [0.1, 0.15) is 0 Å². The Morgan fingerprint density at radius 1 is 0.970 bits per heavy atom. The van der Waals surface area contributed by atoms with Crippen molar-refractivity contribution >= 4 is 37.0 Å². The summed E-state index contributed by atoms with van der Waals surface area (Å²) in [5.41, 5.74) is -0.0490. The van der Waals surface area contributed by atoms with E-state index in [0.717, 1.165) is 17.7 Å². The van der Waals surface area contributed by atoms with Gasteiger partial charge in [0, 0.05) is 23.2 Å².